The molecule has 0 amide bonds. The monoisotopic (exact) mass is 307 g/mol. The maximum absolute atomic E-state index is 6.38. The fourth-order valence-corrected chi connectivity index (χ4v) is 3.34. The summed E-state index contributed by atoms with van der Waals surface area (Å²) in [5, 5.41) is -0.135. The van der Waals surface area contributed by atoms with Gasteiger partial charge in [0.15, 0.2) is 5.65 Å². The Balaban J connectivity index is 2.16. The lowest BCUT2D eigenvalue weighted by Gasteiger charge is -2.36. The zero-order chi connectivity index (χ0) is 15.2. The second kappa shape index (κ2) is 5.25. The molecule has 0 N–H and O–H groups in total. The van der Waals surface area contributed by atoms with E-state index in [-0.39, 0.29) is 11.0 Å². The molecule has 2 unspecified atom stereocenters. The number of pyridine rings is 1. The van der Waals surface area contributed by atoms with Gasteiger partial charge in [0.05, 0.1) is 11.0 Å². The lowest BCUT2D eigenvalue weighted by atomic mass is 9.93. The van der Waals surface area contributed by atoms with E-state index in [1.54, 1.807) is 0 Å². The molecule has 0 spiro atoms. The van der Waals surface area contributed by atoms with Crippen LogP contribution in [0, 0.1) is 6.92 Å². The molecule has 2 atom stereocenters. The number of ether oxygens (including phenoxy) is 1. The van der Waals surface area contributed by atoms with Crippen LogP contribution in [-0.4, -0.2) is 26.7 Å². The van der Waals surface area contributed by atoms with Gasteiger partial charge < -0.3 is 9.30 Å². The lowest BCUT2D eigenvalue weighted by molar-refractivity contribution is -0.0689. The van der Waals surface area contributed by atoms with Crippen molar-refractivity contribution < 1.29 is 4.74 Å². The van der Waals surface area contributed by atoms with Gasteiger partial charge in [-0.1, -0.05) is 0 Å². The first-order chi connectivity index (χ1) is 9.89. The van der Waals surface area contributed by atoms with E-state index in [1.165, 1.54) is 0 Å². The molecule has 1 aliphatic heterocycles. The van der Waals surface area contributed by atoms with E-state index >= 15 is 0 Å². The number of hydrogen-bond acceptors (Lipinski definition) is 3. The minimum atomic E-state index is -0.135. The lowest BCUT2D eigenvalue weighted by Crippen LogP contribution is -2.35. The standard InChI is InChI=1S/C16H22ClN3O/c1-10-5-7-18-15-13(10)19-14(11(2)17)20(15)12-6-8-21-16(3,4)9-12/h5,7,11-12H,6,8-9H2,1-4H3. The first-order valence-electron chi connectivity index (χ1n) is 7.50. The first kappa shape index (κ1) is 14.8. The molecule has 1 fully saturated rings. The highest BCUT2D eigenvalue weighted by molar-refractivity contribution is 6.20. The maximum Gasteiger partial charge on any atom is 0.160 e. The molecular formula is C16H22ClN3O. The van der Waals surface area contributed by atoms with E-state index in [0.717, 1.165) is 42.0 Å². The van der Waals surface area contributed by atoms with Crippen molar-refractivity contribution in [3.63, 3.8) is 0 Å². The van der Waals surface area contributed by atoms with Crippen LogP contribution in [0.25, 0.3) is 11.2 Å². The molecule has 0 saturated carbocycles. The summed E-state index contributed by atoms with van der Waals surface area (Å²) in [5.41, 5.74) is 2.93. The van der Waals surface area contributed by atoms with Crippen LogP contribution in [0.3, 0.4) is 0 Å². The third-order valence-corrected chi connectivity index (χ3v) is 4.40. The van der Waals surface area contributed by atoms with Crippen LogP contribution in [0.1, 0.15) is 56.4 Å². The molecule has 5 heteroatoms. The number of aromatic nitrogens is 3. The predicted molar refractivity (Wildman–Crippen MR) is 84.8 cm³/mol. The third-order valence-electron chi connectivity index (χ3n) is 4.20. The van der Waals surface area contributed by atoms with Crippen LogP contribution in [0.2, 0.25) is 0 Å². The van der Waals surface area contributed by atoms with Gasteiger partial charge in [0.2, 0.25) is 0 Å². The van der Waals surface area contributed by atoms with Crippen molar-refractivity contribution in [2.45, 2.75) is 57.6 Å². The zero-order valence-corrected chi connectivity index (χ0v) is 13.8. The number of aryl methyl sites for hydroxylation is 1. The minimum Gasteiger partial charge on any atom is -0.375 e. The van der Waals surface area contributed by atoms with Gasteiger partial charge in [-0.15, -0.1) is 11.6 Å². The zero-order valence-electron chi connectivity index (χ0n) is 13.1. The predicted octanol–water partition coefficient (Wildman–Crippen LogP) is 4.17. The minimum absolute atomic E-state index is 0.115. The number of alkyl halides is 1. The molecule has 114 valence electrons. The number of hydrogen-bond donors (Lipinski definition) is 0. The smallest absolute Gasteiger partial charge is 0.160 e. The van der Waals surface area contributed by atoms with E-state index in [2.05, 4.69) is 30.3 Å². The summed E-state index contributed by atoms with van der Waals surface area (Å²) in [6.45, 7) is 9.08. The van der Waals surface area contributed by atoms with Crippen LogP contribution < -0.4 is 0 Å². The Morgan fingerprint density at radius 1 is 1.48 bits per heavy atom. The van der Waals surface area contributed by atoms with Gasteiger partial charge in [-0.25, -0.2) is 9.97 Å². The van der Waals surface area contributed by atoms with Gasteiger partial charge in [0.1, 0.15) is 11.3 Å². The normalized spacial score (nSPS) is 23.4. The summed E-state index contributed by atoms with van der Waals surface area (Å²) in [4.78, 5) is 9.33. The highest BCUT2D eigenvalue weighted by Gasteiger charge is 2.33. The number of imidazole rings is 1. The Labute approximate surface area is 130 Å². The average molecular weight is 308 g/mol. The molecule has 3 heterocycles. The van der Waals surface area contributed by atoms with Crippen molar-refractivity contribution >= 4 is 22.8 Å². The fraction of sp³-hybridized carbons (Fsp3) is 0.625. The first-order valence-corrected chi connectivity index (χ1v) is 7.94. The molecule has 4 nitrogen and oxygen atoms in total. The van der Waals surface area contributed by atoms with Crippen molar-refractivity contribution in [2.75, 3.05) is 6.61 Å². The van der Waals surface area contributed by atoms with Gasteiger partial charge in [0, 0.05) is 18.8 Å². The van der Waals surface area contributed by atoms with Crippen molar-refractivity contribution in [1.29, 1.82) is 0 Å². The molecule has 1 aliphatic rings. The van der Waals surface area contributed by atoms with Gasteiger partial charge >= 0.3 is 0 Å². The Bertz CT molecular complexity index is 663. The van der Waals surface area contributed by atoms with Crippen LogP contribution in [0.5, 0.6) is 0 Å². The number of fused-ring (bicyclic) bond motifs is 1. The summed E-state index contributed by atoms with van der Waals surface area (Å²) in [5.74, 6) is 0.913. The van der Waals surface area contributed by atoms with E-state index in [1.807, 2.05) is 19.2 Å². The van der Waals surface area contributed by atoms with Gasteiger partial charge in [-0.3, -0.25) is 0 Å². The summed E-state index contributed by atoms with van der Waals surface area (Å²) >= 11 is 6.38. The van der Waals surface area contributed by atoms with Gasteiger partial charge in [-0.05, 0) is 52.2 Å². The Morgan fingerprint density at radius 3 is 2.90 bits per heavy atom. The van der Waals surface area contributed by atoms with Crippen LogP contribution in [0.15, 0.2) is 12.3 Å². The summed E-state index contributed by atoms with van der Waals surface area (Å²) in [7, 11) is 0. The third kappa shape index (κ3) is 2.67. The molecule has 2 aromatic heterocycles. The molecule has 0 bridgehead atoms. The van der Waals surface area contributed by atoms with Crippen molar-refractivity contribution in [3.8, 4) is 0 Å². The van der Waals surface area contributed by atoms with Crippen LogP contribution in [-0.2, 0) is 4.74 Å². The molecule has 0 radical (unpaired) electrons. The second-order valence-corrected chi connectivity index (χ2v) is 7.17. The molecule has 0 aromatic carbocycles. The Morgan fingerprint density at radius 2 is 2.24 bits per heavy atom. The second-order valence-electron chi connectivity index (χ2n) is 6.51. The quantitative estimate of drug-likeness (QED) is 0.782. The molecule has 2 aromatic rings. The number of nitrogens with zero attached hydrogens (tertiary/aromatic N) is 3. The SMILES string of the molecule is Cc1ccnc2c1nc(C(C)Cl)n2C1CCOC(C)(C)C1. The van der Waals surface area contributed by atoms with Gasteiger partial charge in [0.25, 0.3) is 0 Å². The summed E-state index contributed by atoms with van der Waals surface area (Å²) in [6, 6.07) is 2.33. The Kier molecular flexibility index (Phi) is 3.70. The highest BCUT2D eigenvalue weighted by Crippen LogP contribution is 2.37. The number of rotatable bonds is 2. The topological polar surface area (TPSA) is 39.9 Å². The van der Waals surface area contributed by atoms with E-state index in [9.17, 15) is 0 Å². The summed E-state index contributed by atoms with van der Waals surface area (Å²) in [6.07, 6.45) is 3.77. The van der Waals surface area contributed by atoms with Crippen molar-refractivity contribution in [2.24, 2.45) is 0 Å². The van der Waals surface area contributed by atoms with E-state index in [0.29, 0.717) is 6.04 Å². The number of halogens is 1. The largest absolute Gasteiger partial charge is 0.375 e. The molecular weight excluding hydrogens is 286 g/mol. The Hall–Kier alpha value is -1.13. The molecule has 1 saturated heterocycles. The molecule has 0 aliphatic carbocycles. The van der Waals surface area contributed by atoms with E-state index < -0.39 is 0 Å². The van der Waals surface area contributed by atoms with Gasteiger partial charge in [-0.2, -0.15) is 0 Å². The summed E-state index contributed by atoms with van der Waals surface area (Å²) < 4.78 is 8.08. The average Bonchev–Trinajstić information content (AvgIpc) is 2.78. The maximum atomic E-state index is 6.38. The molecule has 21 heavy (non-hydrogen) atoms. The molecule has 3 rings (SSSR count). The van der Waals surface area contributed by atoms with Crippen molar-refractivity contribution in [1.82, 2.24) is 14.5 Å². The fourth-order valence-electron chi connectivity index (χ4n) is 3.19. The highest BCUT2D eigenvalue weighted by atomic mass is 35.5. The van der Waals surface area contributed by atoms with Crippen LogP contribution >= 0.6 is 11.6 Å². The van der Waals surface area contributed by atoms with E-state index in [4.69, 9.17) is 21.3 Å². The van der Waals surface area contributed by atoms with Crippen molar-refractivity contribution in [3.05, 3.63) is 23.7 Å². The van der Waals surface area contributed by atoms with Crippen LogP contribution in [0.4, 0.5) is 0 Å².